The highest BCUT2D eigenvalue weighted by molar-refractivity contribution is 6.16. The zero-order chi connectivity index (χ0) is 24.2. The summed E-state index contributed by atoms with van der Waals surface area (Å²) in [5, 5.41) is 40.4. The lowest BCUT2D eigenvalue weighted by Gasteiger charge is -2.03. The van der Waals surface area contributed by atoms with Crippen molar-refractivity contribution in [2.45, 2.75) is 0 Å². The van der Waals surface area contributed by atoms with Crippen LogP contribution < -0.4 is 0 Å². The van der Waals surface area contributed by atoms with Gasteiger partial charge in [-0.15, -0.1) is 10.2 Å². The molecule has 0 amide bonds. The maximum absolute atomic E-state index is 13.3. The van der Waals surface area contributed by atoms with E-state index >= 15 is 0 Å². The number of rotatable bonds is 7. The van der Waals surface area contributed by atoms with E-state index in [1.807, 2.05) is 0 Å². The molecule has 34 heavy (non-hydrogen) atoms. The van der Waals surface area contributed by atoms with Crippen molar-refractivity contribution in [2.75, 3.05) is 0 Å². The molecule has 3 aromatic carbocycles. The number of carbonyl (C=O) groups is 1. The van der Waals surface area contributed by atoms with Crippen LogP contribution in [0.3, 0.4) is 0 Å². The van der Waals surface area contributed by atoms with Gasteiger partial charge in [0, 0.05) is 17.2 Å². The van der Waals surface area contributed by atoms with E-state index < -0.39 is 33.0 Å². The van der Waals surface area contributed by atoms with Crippen LogP contribution in [0.25, 0.3) is 11.3 Å². The third kappa shape index (κ3) is 4.25. The molecule has 0 unspecified atom stereocenters. The van der Waals surface area contributed by atoms with E-state index in [0.717, 1.165) is 18.2 Å². The van der Waals surface area contributed by atoms with Crippen molar-refractivity contribution < 1.29 is 24.2 Å². The topological polar surface area (TPSA) is 161 Å². The number of nitro benzene ring substituents is 2. The molecule has 4 rings (SSSR count). The number of aromatic hydroxyl groups is 1. The Kier molecular flexibility index (Phi) is 5.91. The average Bonchev–Trinajstić information content (AvgIpc) is 3.19. The second kappa shape index (κ2) is 9.12. The van der Waals surface area contributed by atoms with Crippen LogP contribution in [0.2, 0.25) is 0 Å². The molecule has 0 aliphatic carbocycles. The lowest BCUT2D eigenvalue weighted by atomic mass is 9.99. The molecule has 0 saturated carbocycles. The number of carbonyl (C=O) groups excluding carboxylic acids is 1. The number of nitrogens with zero attached hydrogens (tertiary/aromatic N) is 4. The van der Waals surface area contributed by atoms with Gasteiger partial charge >= 0.3 is 11.6 Å². The number of benzene rings is 3. The number of nitro groups is 2. The smallest absolute Gasteiger partial charge is 0.312 e. The van der Waals surface area contributed by atoms with Crippen LogP contribution in [0, 0.1) is 20.2 Å². The van der Waals surface area contributed by atoms with Gasteiger partial charge in [0.1, 0.15) is 5.56 Å². The van der Waals surface area contributed by atoms with Crippen molar-refractivity contribution in [3.63, 3.8) is 0 Å². The molecule has 4 aromatic rings. The number of non-ortho nitro benzene ring substituents is 1. The Morgan fingerprint density at radius 1 is 0.853 bits per heavy atom. The van der Waals surface area contributed by atoms with Crippen molar-refractivity contribution in [3.8, 4) is 17.3 Å². The third-order valence-electron chi connectivity index (χ3n) is 4.79. The molecular weight excluding hydrogens is 444 g/mol. The summed E-state index contributed by atoms with van der Waals surface area (Å²) in [7, 11) is 0. The zero-order valence-corrected chi connectivity index (χ0v) is 17.2. The van der Waals surface area contributed by atoms with Crippen LogP contribution in [-0.4, -0.2) is 20.7 Å². The minimum atomic E-state index is -0.845. The molecule has 0 aliphatic heterocycles. The molecule has 0 bridgehead atoms. The molecule has 1 heterocycles. The maximum atomic E-state index is 13.3. The van der Waals surface area contributed by atoms with Gasteiger partial charge in [-0.05, 0) is 6.07 Å². The van der Waals surface area contributed by atoms with Gasteiger partial charge in [-0.2, -0.15) is 0 Å². The summed E-state index contributed by atoms with van der Waals surface area (Å²) in [6, 6.07) is 19.6. The number of furan rings is 1. The first-order valence-electron chi connectivity index (χ1n) is 9.72. The van der Waals surface area contributed by atoms with Crippen molar-refractivity contribution in [1.29, 1.82) is 0 Å². The number of azo groups is 1. The summed E-state index contributed by atoms with van der Waals surface area (Å²) in [5.74, 6) is -1.19. The van der Waals surface area contributed by atoms with E-state index in [4.69, 9.17) is 4.42 Å². The molecule has 0 fully saturated rings. The lowest BCUT2D eigenvalue weighted by molar-refractivity contribution is -0.393. The van der Waals surface area contributed by atoms with E-state index in [2.05, 4.69) is 10.2 Å². The van der Waals surface area contributed by atoms with Gasteiger partial charge in [-0.1, -0.05) is 60.7 Å². The molecule has 0 radical (unpaired) electrons. The first-order valence-corrected chi connectivity index (χ1v) is 9.72. The zero-order valence-electron chi connectivity index (χ0n) is 17.2. The summed E-state index contributed by atoms with van der Waals surface area (Å²) in [5.41, 5.74) is -1.12. The average molecular weight is 458 g/mol. The summed E-state index contributed by atoms with van der Waals surface area (Å²) in [6.07, 6.45) is 0. The highest BCUT2D eigenvalue weighted by Gasteiger charge is 2.28. The second-order valence-electron chi connectivity index (χ2n) is 6.91. The lowest BCUT2D eigenvalue weighted by Crippen LogP contribution is -2.01. The molecule has 0 aliphatic rings. The Morgan fingerprint density at radius 2 is 1.50 bits per heavy atom. The SMILES string of the molecule is O=C(c1ccccc1)c1c(-c2ccccc2)oc(O)c1N=Nc1ccc([N+](=O)[O-])cc1[N+](=O)[O-]. The van der Waals surface area contributed by atoms with E-state index in [0.29, 0.717) is 11.1 Å². The first kappa shape index (κ1) is 22.0. The minimum absolute atomic E-state index is 0.0408. The van der Waals surface area contributed by atoms with Gasteiger partial charge < -0.3 is 9.52 Å². The Balaban J connectivity index is 1.87. The Bertz CT molecular complexity index is 1430. The summed E-state index contributed by atoms with van der Waals surface area (Å²) in [4.78, 5) is 34.0. The fourth-order valence-corrected chi connectivity index (χ4v) is 3.20. The minimum Gasteiger partial charge on any atom is -0.479 e. The van der Waals surface area contributed by atoms with Crippen molar-refractivity contribution in [3.05, 3.63) is 110 Å². The molecule has 1 aromatic heterocycles. The molecule has 11 heteroatoms. The summed E-state index contributed by atoms with van der Waals surface area (Å²) < 4.78 is 5.45. The Labute approximate surface area is 190 Å². The fraction of sp³-hybridized carbons (Fsp3) is 0. The molecule has 1 N–H and O–H groups in total. The van der Waals surface area contributed by atoms with Crippen LogP contribution >= 0.6 is 0 Å². The summed E-state index contributed by atoms with van der Waals surface area (Å²) in [6.45, 7) is 0. The molecule has 0 atom stereocenters. The highest BCUT2D eigenvalue weighted by atomic mass is 16.6. The van der Waals surface area contributed by atoms with Crippen LogP contribution in [0.15, 0.2) is 93.5 Å². The molecule has 0 saturated heterocycles. The maximum Gasteiger partial charge on any atom is 0.312 e. The van der Waals surface area contributed by atoms with Crippen LogP contribution in [0.4, 0.5) is 22.7 Å². The Morgan fingerprint density at radius 3 is 2.12 bits per heavy atom. The van der Waals surface area contributed by atoms with Gasteiger partial charge in [0.05, 0.1) is 15.9 Å². The largest absolute Gasteiger partial charge is 0.479 e. The molecule has 0 spiro atoms. The van der Waals surface area contributed by atoms with Crippen molar-refractivity contribution in [1.82, 2.24) is 0 Å². The van der Waals surface area contributed by atoms with Crippen LogP contribution in [0.5, 0.6) is 5.95 Å². The van der Waals surface area contributed by atoms with Gasteiger partial charge in [0.2, 0.25) is 0 Å². The van der Waals surface area contributed by atoms with Gasteiger partial charge in [0.25, 0.3) is 5.69 Å². The highest BCUT2D eigenvalue weighted by Crippen LogP contribution is 2.44. The molecule has 168 valence electrons. The summed E-state index contributed by atoms with van der Waals surface area (Å²) >= 11 is 0. The standard InChI is InChI=1S/C23H14N4O7/c28-21(14-7-3-1-4-8-14)19-20(23(29)34-22(19)15-9-5-2-6-10-15)25-24-17-12-11-16(26(30)31)13-18(17)27(32)33/h1-13,29H. The molecule has 11 nitrogen and oxygen atoms in total. The number of ketones is 1. The number of hydrogen-bond donors (Lipinski definition) is 1. The monoisotopic (exact) mass is 458 g/mol. The number of hydrogen-bond acceptors (Lipinski definition) is 9. The van der Waals surface area contributed by atoms with E-state index in [1.165, 1.54) is 0 Å². The van der Waals surface area contributed by atoms with Gasteiger partial charge in [0.15, 0.2) is 22.9 Å². The van der Waals surface area contributed by atoms with E-state index in [1.54, 1.807) is 60.7 Å². The molecular formula is C23H14N4O7. The Hall–Kier alpha value is -5.19. The van der Waals surface area contributed by atoms with E-state index in [-0.39, 0.29) is 22.7 Å². The van der Waals surface area contributed by atoms with Crippen LogP contribution in [-0.2, 0) is 0 Å². The van der Waals surface area contributed by atoms with Gasteiger partial charge in [-0.25, -0.2) is 0 Å². The second-order valence-corrected chi connectivity index (χ2v) is 6.91. The van der Waals surface area contributed by atoms with Crippen molar-refractivity contribution in [2.24, 2.45) is 10.2 Å². The van der Waals surface area contributed by atoms with Gasteiger partial charge in [-0.3, -0.25) is 25.0 Å². The van der Waals surface area contributed by atoms with Crippen molar-refractivity contribution >= 4 is 28.5 Å². The first-order chi connectivity index (χ1) is 16.4. The normalized spacial score (nSPS) is 10.9. The predicted molar refractivity (Wildman–Crippen MR) is 120 cm³/mol. The van der Waals surface area contributed by atoms with Crippen LogP contribution in [0.1, 0.15) is 15.9 Å². The third-order valence-corrected chi connectivity index (χ3v) is 4.79. The fourth-order valence-electron chi connectivity index (χ4n) is 3.20. The quantitative estimate of drug-likeness (QED) is 0.151. The van der Waals surface area contributed by atoms with E-state index in [9.17, 15) is 30.1 Å². The predicted octanol–water partition coefficient (Wildman–Crippen LogP) is 6.12.